The quantitative estimate of drug-likeness (QED) is 0.577. The van der Waals surface area contributed by atoms with E-state index in [0.717, 1.165) is 32.2 Å². The summed E-state index contributed by atoms with van der Waals surface area (Å²) < 4.78 is 0. The second kappa shape index (κ2) is 3.22. The summed E-state index contributed by atoms with van der Waals surface area (Å²) in [5, 5.41) is 2.82. The predicted octanol–water partition coefficient (Wildman–Crippen LogP) is 0.394. The molecule has 0 aromatic carbocycles. The molecule has 0 spiro atoms. The molecule has 0 aromatic rings. The molecule has 1 aliphatic heterocycles. The Labute approximate surface area is 67.3 Å². The molecule has 1 atom stereocenters. The number of rotatable bonds is 1. The van der Waals surface area contributed by atoms with Gasteiger partial charge < -0.3 is 11.1 Å². The smallest absolute Gasteiger partial charge is 0.240 e. The number of carbonyl (C=O) groups excluding carboxylic acids is 1. The van der Waals surface area contributed by atoms with Crippen LogP contribution < -0.4 is 11.1 Å². The SMILES string of the molecule is CCC1(N)CCCCNC1=O. The van der Waals surface area contributed by atoms with Crippen LogP contribution in [0.1, 0.15) is 32.6 Å². The molecule has 1 amide bonds. The molecule has 1 fully saturated rings. The average molecular weight is 156 g/mol. The van der Waals surface area contributed by atoms with Crippen LogP contribution in [-0.4, -0.2) is 18.0 Å². The van der Waals surface area contributed by atoms with Gasteiger partial charge in [0.05, 0.1) is 5.54 Å². The zero-order valence-corrected chi connectivity index (χ0v) is 7.02. The first-order valence-corrected chi connectivity index (χ1v) is 4.26. The molecule has 1 unspecified atom stereocenters. The van der Waals surface area contributed by atoms with Gasteiger partial charge in [-0.2, -0.15) is 0 Å². The summed E-state index contributed by atoms with van der Waals surface area (Å²) in [5.41, 5.74) is 5.30. The highest BCUT2D eigenvalue weighted by molar-refractivity contribution is 5.86. The Morgan fingerprint density at radius 2 is 2.36 bits per heavy atom. The van der Waals surface area contributed by atoms with E-state index in [0.29, 0.717) is 0 Å². The monoisotopic (exact) mass is 156 g/mol. The summed E-state index contributed by atoms with van der Waals surface area (Å²) in [4.78, 5) is 11.3. The van der Waals surface area contributed by atoms with Gasteiger partial charge in [-0.15, -0.1) is 0 Å². The Morgan fingerprint density at radius 3 is 3.00 bits per heavy atom. The van der Waals surface area contributed by atoms with Crippen LogP contribution in [0.15, 0.2) is 0 Å². The van der Waals surface area contributed by atoms with Gasteiger partial charge in [0.25, 0.3) is 0 Å². The van der Waals surface area contributed by atoms with Gasteiger partial charge in [-0.3, -0.25) is 4.79 Å². The third-order valence-electron chi connectivity index (χ3n) is 2.42. The number of nitrogens with two attached hydrogens (primary N) is 1. The predicted molar refractivity (Wildman–Crippen MR) is 44.1 cm³/mol. The Morgan fingerprint density at radius 1 is 1.64 bits per heavy atom. The Bertz CT molecular complexity index is 158. The van der Waals surface area contributed by atoms with E-state index in [1.807, 2.05) is 6.92 Å². The molecule has 0 radical (unpaired) electrons. The van der Waals surface area contributed by atoms with Crippen LogP contribution in [-0.2, 0) is 4.79 Å². The van der Waals surface area contributed by atoms with E-state index in [4.69, 9.17) is 5.73 Å². The molecule has 0 saturated carbocycles. The van der Waals surface area contributed by atoms with Gasteiger partial charge >= 0.3 is 0 Å². The van der Waals surface area contributed by atoms with E-state index in [2.05, 4.69) is 5.32 Å². The van der Waals surface area contributed by atoms with Crippen molar-refractivity contribution in [2.24, 2.45) is 5.73 Å². The van der Waals surface area contributed by atoms with Crippen LogP contribution in [0, 0.1) is 0 Å². The van der Waals surface area contributed by atoms with Crippen molar-refractivity contribution in [1.29, 1.82) is 0 Å². The minimum atomic E-state index is -0.587. The summed E-state index contributed by atoms with van der Waals surface area (Å²) in [6.07, 6.45) is 3.68. The van der Waals surface area contributed by atoms with E-state index < -0.39 is 5.54 Å². The molecule has 3 nitrogen and oxygen atoms in total. The van der Waals surface area contributed by atoms with Gasteiger partial charge in [-0.05, 0) is 25.7 Å². The fourth-order valence-electron chi connectivity index (χ4n) is 1.39. The van der Waals surface area contributed by atoms with Crippen molar-refractivity contribution >= 4 is 5.91 Å². The molecule has 0 bridgehead atoms. The highest BCUT2D eigenvalue weighted by atomic mass is 16.2. The second-order valence-corrected chi connectivity index (χ2v) is 3.22. The molecule has 3 N–H and O–H groups in total. The zero-order chi connectivity index (χ0) is 8.32. The maximum Gasteiger partial charge on any atom is 0.240 e. The minimum absolute atomic E-state index is 0.0255. The Hall–Kier alpha value is -0.570. The molecule has 1 heterocycles. The molecule has 1 saturated heterocycles. The van der Waals surface area contributed by atoms with Gasteiger partial charge in [-0.25, -0.2) is 0 Å². The highest BCUT2D eigenvalue weighted by Gasteiger charge is 2.32. The van der Waals surface area contributed by atoms with Crippen molar-refractivity contribution in [2.45, 2.75) is 38.1 Å². The van der Waals surface area contributed by atoms with E-state index in [1.54, 1.807) is 0 Å². The van der Waals surface area contributed by atoms with Crippen molar-refractivity contribution in [3.05, 3.63) is 0 Å². The van der Waals surface area contributed by atoms with Crippen LogP contribution in [0.5, 0.6) is 0 Å². The molecule has 0 aliphatic carbocycles. The zero-order valence-electron chi connectivity index (χ0n) is 7.02. The van der Waals surface area contributed by atoms with Crippen molar-refractivity contribution in [3.8, 4) is 0 Å². The van der Waals surface area contributed by atoms with Gasteiger partial charge in [-0.1, -0.05) is 6.92 Å². The van der Waals surface area contributed by atoms with Crippen LogP contribution in [0.2, 0.25) is 0 Å². The number of carbonyl (C=O) groups is 1. The summed E-state index contributed by atoms with van der Waals surface area (Å²) in [7, 11) is 0. The molecular weight excluding hydrogens is 140 g/mol. The van der Waals surface area contributed by atoms with E-state index >= 15 is 0 Å². The molecule has 1 rings (SSSR count). The summed E-state index contributed by atoms with van der Waals surface area (Å²) in [6, 6.07) is 0. The lowest BCUT2D eigenvalue weighted by atomic mass is 9.91. The van der Waals surface area contributed by atoms with Gasteiger partial charge in [0.2, 0.25) is 5.91 Å². The summed E-state index contributed by atoms with van der Waals surface area (Å²) in [5.74, 6) is 0.0255. The first kappa shape index (κ1) is 8.53. The Balaban J connectivity index is 2.66. The van der Waals surface area contributed by atoms with E-state index in [-0.39, 0.29) is 5.91 Å². The third-order valence-corrected chi connectivity index (χ3v) is 2.42. The van der Waals surface area contributed by atoms with Crippen molar-refractivity contribution in [3.63, 3.8) is 0 Å². The molecule has 64 valence electrons. The van der Waals surface area contributed by atoms with Gasteiger partial charge in [0.1, 0.15) is 0 Å². The van der Waals surface area contributed by atoms with Crippen LogP contribution in [0.3, 0.4) is 0 Å². The largest absolute Gasteiger partial charge is 0.355 e. The molecule has 3 heteroatoms. The molecule has 1 aliphatic rings. The van der Waals surface area contributed by atoms with E-state index in [1.165, 1.54) is 0 Å². The normalized spacial score (nSPS) is 32.7. The topological polar surface area (TPSA) is 55.1 Å². The standard InChI is InChI=1S/C8H16N2O/c1-2-8(9)5-3-4-6-10-7(8)11/h2-6,9H2,1H3,(H,10,11). The maximum absolute atomic E-state index is 11.3. The first-order valence-electron chi connectivity index (χ1n) is 4.26. The maximum atomic E-state index is 11.3. The van der Waals surface area contributed by atoms with Crippen LogP contribution in [0.25, 0.3) is 0 Å². The van der Waals surface area contributed by atoms with E-state index in [9.17, 15) is 4.79 Å². The second-order valence-electron chi connectivity index (χ2n) is 3.22. The number of hydrogen-bond acceptors (Lipinski definition) is 2. The fourth-order valence-corrected chi connectivity index (χ4v) is 1.39. The van der Waals surface area contributed by atoms with Gasteiger partial charge in [0.15, 0.2) is 0 Å². The lowest BCUT2D eigenvalue weighted by Gasteiger charge is -2.23. The number of hydrogen-bond donors (Lipinski definition) is 2. The average Bonchev–Trinajstić information content (AvgIpc) is 2.16. The fraction of sp³-hybridized carbons (Fsp3) is 0.875. The van der Waals surface area contributed by atoms with Crippen molar-refractivity contribution in [1.82, 2.24) is 5.32 Å². The van der Waals surface area contributed by atoms with Crippen molar-refractivity contribution < 1.29 is 4.79 Å². The lowest BCUT2D eigenvalue weighted by Crippen LogP contribution is -2.52. The number of nitrogens with one attached hydrogen (secondary N) is 1. The van der Waals surface area contributed by atoms with Gasteiger partial charge in [0, 0.05) is 6.54 Å². The highest BCUT2D eigenvalue weighted by Crippen LogP contribution is 2.17. The van der Waals surface area contributed by atoms with Crippen LogP contribution >= 0.6 is 0 Å². The third kappa shape index (κ3) is 1.71. The number of amides is 1. The van der Waals surface area contributed by atoms with Crippen LogP contribution in [0.4, 0.5) is 0 Å². The first-order chi connectivity index (χ1) is 5.19. The summed E-state index contributed by atoms with van der Waals surface area (Å²) >= 11 is 0. The minimum Gasteiger partial charge on any atom is -0.355 e. The molecule has 11 heavy (non-hydrogen) atoms. The lowest BCUT2D eigenvalue weighted by molar-refractivity contribution is -0.126. The molecule has 0 aromatic heterocycles. The summed E-state index contributed by atoms with van der Waals surface area (Å²) in [6.45, 7) is 2.75. The Kier molecular flexibility index (Phi) is 2.49. The molecular formula is C8H16N2O. The van der Waals surface area contributed by atoms with Crippen molar-refractivity contribution in [2.75, 3.05) is 6.54 Å².